The molecule has 1 aliphatic heterocycles. The number of carboxylic acid groups (broad SMARTS) is 1. The molecule has 0 aliphatic carbocycles. The Hall–Kier alpha value is -3.03. The third-order valence-electron chi connectivity index (χ3n) is 5.46. The van der Waals surface area contributed by atoms with E-state index < -0.39 is 30.2 Å². The molecule has 7 nitrogen and oxygen atoms in total. The van der Waals surface area contributed by atoms with E-state index in [0.29, 0.717) is 17.9 Å². The Kier molecular flexibility index (Phi) is 4.28. The van der Waals surface area contributed by atoms with Gasteiger partial charge in [0.2, 0.25) is 0 Å². The topological polar surface area (TPSA) is 113 Å². The normalized spacial score (nSPS) is 14.5. The van der Waals surface area contributed by atoms with Crippen LogP contribution in [0.5, 0.6) is 0 Å². The van der Waals surface area contributed by atoms with Gasteiger partial charge in [0.1, 0.15) is 5.60 Å². The highest BCUT2D eigenvalue weighted by Gasteiger charge is 2.36. The second kappa shape index (κ2) is 6.54. The molecule has 1 aliphatic rings. The minimum absolute atomic E-state index is 0.0201. The number of benzene rings is 1. The Bertz CT molecular complexity index is 1170. The van der Waals surface area contributed by atoms with E-state index in [4.69, 9.17) is 0 Å². The molecule has 144 valence electrons. The van der Waals surface area contributed by atoms with Gasteiger partial charge in [0.25, 0.3) is 5.56 Å². The lowest BCUT2D eigenvalue weighted by Crippen LogP contribution is -2.34. The Labute approximate surface area is 160 Å². The Morgan fingerprint density at radius 1 is 1.29 bits per heavy atom. The molecule has 0 radical (unpaired) electrons. The quantitative estimate of drug-likeness (QED) is 0.488. The average molecular weight is 380 g/mol. The van der Waals surface area contributed by atoms with Gasteiger partial charge in [-0.25, -0.2) is 4.98 Å². The molecule has 1 unspecified atom stereocenters. The van der Waals surface area contributed by atoms with Crippen molar-refractivity contribution < 1.29 is 20.1 Å². The molecule has 1 aromatic carbocycles. The minimum atomic E-state index is -1.75. The van der Waals surface area contributed by atoms with E-state index in [-0.39, 0.29) is 17.5 Å². The summed E-state index contributed by atoms with van der Waals surface area (Å²) in [5.41, 5.74) is 0.796. The SMILES string of the molecule is CCC(O)(CC(=O)O)c1cc2n(c(=O)c1CO)Cc1cc3ccccc3nc1-2. The lowest BCUT2D eigenvalue weighted by molar-refractivity contribution is -0.143. The van der Waals surface area contributed by atoms with Crippen molar-refractivity contribution in [2.45, 2.75) is 38.5 Å². The van der Waals surface area contributed by atoms with E-state index in [9.17, 15) is 24.9 Å². The molecule has 0 amide bonds. The van der Waals surface area contributed by atoms with Crippen LogP contribution in [0.1, 0.15) is 36.5 Å². The zero-order chi connectivity index (χ0) is 20.1. The number of carbonyl (C=O) groups is 1. The molecule has 3 N–H and O–H groups in total. The summed E-state index contributed by atoms with van der Waals surface area (Å²) in [6.07, 6.45) is -0.468. The molecule has 28 heavy (non-hydrogen) atoms. The summed E-state index contributed by atoms with van der Waals surface area (Å²) < 4.78 is 1.52. The van der Waals surface area contributed by atoms with E-state index in [1.807, 2.05) is 30.3 Å². The standard InChI is InChI=1S/C21H20N2O5/c1-2-21(28,9-18(25)26)15-8-17-19-13(10-23(17)20(27)14(15)11-24)7-12-5-3-4-6-16(12)22-19/h3-8,24,28H,2,9-11H2,1H3,(H,25,26). The number of aliphatic hydroxyl groups excluding tert-OH is 1. The van der Waals surface area contributed by atoms with Gasteiger partial charge in [-0.15, -0.1) is 0 Å². The van der Waals surface area contributed by atoms with E-state index in [0.717, 1.165) is 16.5 Å². The van der Waals surface area contributed by atoms with Crippen LogP contribution in [-0.4, -0.2) is 30.8 Å². The second-order valence-corrected chi connectivity index (χ2v) is 7.12. The van der Waals surface area contributed by atoms with Crippen molar-refractivity contribution in [2.24, 2.45) is 0 Å². The summed E-state index contributed by atoms with van der Waals surface area (Å²) >= 11 is 0. The first-order valence-electron chi connectivity index (χ1n) is 9.09. The lowest BCUT2D eigenvalue weighted by atomic mass is 9.85. The van der Waals surface area contributed by atoms with Gasteiger partial charge in [-0.3, -0.25) is 9.59 Å². The fourth-order valence-electron chi connectivity index (χ4n) is 3.94. The van der Waals surface area contributed by atoms with Crippen LogP contribution in [0.3, 0.4) is 0 Å². The highest BCUT2D eigenvalue weighted by molar-refractivity contribution is 5.84. The Balaban J connectivity index is 1.99. The molecule has 0 bridgehead atoms. The smallest absolute Gasteiger partial charge is 0.306 e. The summed E-state index contributed by atoms with van der Waals surface area (Å²) in [4.78, 5) is 29.0. The van der Waals surface area contributed by atoms with E-state index >= 15 is 0 Å². The van der Waals surface area contributed by atoms with Crippen molar-refractivity contribution >= 4 is 16.9 Å². The molecule has 4 rings (SSSR count). The number of hydrogen-bond acceptors (Lipinski definition) is 5. The lowest BCUT2D eigenvalue weighted by Gasteiger charge is -2.28. The monoisotopic (exact) mass is 380 g/mol. The predicted molar refractivity (Wildman–Crippen MR) is 103 cm³/mol. The van der Waals surface area contributed by atoms with Crippen molar-refractivity contribution in [1.82, 2.24) is 9.55 Å². The Morgan fingerprint density at radius 3 is 2.71 bits per heavy atom. The summed E-state index contributed by atoms with van der Waals surface area (Å²) in [6.45, 7) is 1.38. The molecule has 3 heterocycles. The first-order valence-corrected chi connectivity index (χ1v) is 9.09. The number of carboxylic acids is 1. The second-order valence-electron chi connectivity index (χ2n) is 7.12. The van der Waals surface area contributed by atoms with Crippen molar-refractivity contribution in [3.05, 3.63) is 63.4 Å². The number of para-hydroxylation sites is 1. The first-order chi connectivity index (χ1) is 13.4. The van der Waals surface area contributed by atoms with Gasteiger partial charge in [0.05, 0.1) is 36.5 Å². The molecular formula is C21H20N2O5. The van der Waals surface area contributed by atoms with Crippen molar-refractivity contribution in [1.29, 1.82) is 0 Å². The highest BCUT2D eigenvalue weighted by Crippen LogP contribution is 2.37. The fraction of sp³-hybridized carbons (Fsp3) is 0.286. The molecule has 1 atom stereocenters. The van der Waals surface area contributed by atoms with Gasteiger partial charge >= 0.3 is 5.97 Å². The Morgan fingerprint density at radius 2 is 2.04 bits per heavy atom. The molecule has 7 heteroatoms. The van der Waals surface area contributed by atoms with Gasteiger partial charge in [-0.05, 0) is 30.2 Å². The molecular weight excluding hydrogens is 360 g/mol. The highest BCUT2D eigenvalue weighted by atomic mass is 16.4. The average Bonchev–Trinajstić information content (AvgIpc) is 3.03. The predicted octanol–water partition coefficient (Wildman–Crippen LogP) is 1.99. The van der Waals surface area contributed by atoms with Crippen LogP contribution in [0.2, 0.25) is 0 Å². The summed E-state index contributed by atoms with van der Waals surface area (Å²) in [5, 5.41) is 31.0. The van der Waals surface area contributed by atoms with Crippen molar-refractivity contribution in [3.8, 4) is 11.4 Å². The van der Waals surface area contributed by atoms with Crippen molar-refractivity contribution in [3.63, 3.8) is 0 Å². The molecule has 2 aromatic heterocycles. The van der Waals surface area contributed by atoms with E-state index in [2.05, 4.69) is 4.98 Å². The number of aliphatic hydroxyl groups is 2. The van der Waals surface area contributed by atoms with Gasteiger partial charge in [0, 0.05) is 16.5 Å². The van der Waals surface area contributed by atoms with Gasteiger partial charge in [-0.2, -0.15) is 0 Å². The molecule has 0 spiro atoms. The summed E-state index contributed by atoms with van der Waals surface area (Å²) in [7, 11) is 0. The summed E-state index contributed by atoms with van der Waals surface area (Å²) in [6, 6.07) is 11.2. The van der Waals surface area contributed by atoms with Crippen LogP contribution >= 0.6 is 0 Å². The van der Waals surface area contributed by atoms with Crippen LogP contribution in [0.4, 0.5) is 0 Å². The molecule has 0 saturated carbocycles. The van der Waals surface area contributed by atoms with Gasteiger partial charge < -0.3 is 19.9 Å². The number of pyridine rings is 2. The maximum absolute atomic E-state index is 13.0. The van der Waals surface area contributed by atoms with Gasteiger partial charge in [-0.1, -0.05) is 25.1 Å². The molecule has 0 saturated heterocycles. The first kappa shape index (κ1) is 18.3. The third-order valence-corrected chi connectivity index (χ3v) is 5.46. The maximum Gasteiger partial charge on any atom is 0.306 e. The van der Waals surface area contributed by atoms with Crippen molar-refractivity contribution in [2.75, 3.05) is 0 Å². The zero-order valence-electron chi connectivity index (χ0n) is 15.3. The van der Waals surface area contributed by atoms with Crippen LogP contribution < -0.4 is 5.56 Å². The number of aliphatic carboxylic acids is 1. The minimum Gasteiger partial charge on any atom is -0.481 e. The van der Waals surface area contributed by atoms with Crippen LogP contribution in [-0.2, 0) is 23.5 Å². The van der Waals surface area contributed by atoms with Gasteiger partial charge in [0.15, 0.2) is 0 Å². The van der Waals surface area contributed by atoms with Crippen LogP contribution in [0, 0.1) is 0 Å². The van der Waals surface area contributed by atoms with Crippen LogP contribution in [0.25, 0.3) is 22.3 Å². The number of aromatic nitrogens is 2. The number of rotatable bonds is 5. The molecule has 0 fully saturated rings. The largest absolute Gasteiger partial charge is 0.481 e. The van der Waals surface area contributed by atoms with Crippen LogP contribution in [0.15, 0.2) is 41.2 Å². The third kappa shape index (κ3) is 2.71. The zero-order valence-corrected chi connectivity index (χ0v) is 15.3. The van der Waals surface area contributed by atoms with E-state index in [1.54, 1.807) is 13.0 Å². The van der Waals surface area contributed by atoms with E-state index in [1.165, 1.54) is 4.57 Å². The number of hydrogen-bond donors (Lipinski definition) is 3. The number of fused-ring (bicyclic) bond motifs is 4. The maximum atomic E-state index is 13.0. The molecule has 3 aromatic rings. The fourth-order valence-corrected chi connectivity index (χ4v) is 3.94. The summed E-state index contributed by atoms with van der Waals surface area (Å²) in [5.74, 6) is -1.18. The number of nitrogens with zero attached hydrogens (tertiary/aromatic N) is 2.